The van der Waals surface area contributed by atoms with Gasteiger partial charge in [0.25, 0.3) is 0 Å². The van der Waals surface area contributed by atoms with E-state index in [9.17, 15) is 4.79 Å². The summed E-state index contributed by atoms with van der Waals surface area (Å²) in [7, 11) is 4.06. The maximum absolute atomic E-state index is 12.4. The first-order valence-corrected chi connectivity index (χ1v) is 8.17. The molecule has 1 atom stereocenters. The molecule has 1 unspecified atom stereocenters. The Morgan fingerprint density at radius 3 is 2.53 bits per heavy atom. The highest BCUT2D eigenvalue weighted by Crippen LogP contribution is 2.15. The summed E-state index contributed by atoms with van der Waals surface area (Å²) < 4.78 is 2.08. The highest BCUT2D eigenvalue weighted by atomic mass is 32.2. The number of hydrogen-bond acceptors (Lipinski definition) is 3. The molecule has 0 amide bonds. The fraction of sp³-hybridized carbons (Fsp3) is 0.667. The fourth-order valence-electron chi connectivity index (χ4n) is 2.33. The number of thioether (sulfide) groups is 1. The van der Waals surface area contributed by atoms with Crippen molar-refractivity contribution in [1.82, 2.24) is 9.47 Å². The third-order valence-corrected chi connectivity index (χ3v) is 4.64. The van der Waals surface area contributed by atoms with Gasteiger partial charge in [0.15, 0.2) is 5.78 Å². The molecule has 0 spiro atoms. The van der Waals surface area contributed by atoms with Crippen LogP contribution in [-0.2, 0) is 7.05 Å². The Bertz CT molecular complexity index is 440. The Morgan fingerprint density at radius 1 is 1.47 bits per heavy atom. The first kappa shape index (κ1) is 16.3. The van der Waals surface area contributed by atoms with Crippen LogP contribution < -0.4 is 0 Å². The van der Waals surface area contributed by atoms with Crippen LogP contribution in [0.15, 0.2) is 6.07 Å². The van der Waals surface area contributed by atoms with Crippen LogP contribution in [0.4, 0.5) is 0 Å². The molecule has 108 valence electrons. The highest BCUT2D eigenvalue weighted by Gasteiger charge is 2.19. The van der Waals surface area contributed by atoms with Crippen LogP contribution in [0.5, 0.6) is 0 Å². The monoisotopic (exact) mass is 282 g/mol. The number of carbonyl (C=O) groups is 1. The van der Waals surface area contributed by atoms with Gasteiger partial charge >= 0.3 is 0 Å². The standard InChI is InChI=1S/C15H26N2OS/c1-7-13(10-19-6)16(4)9-15(18)14-8-11(2)17(5)12(14)3/h8,13H,7,9-10H2,1-6H3. The zero-order valence-corrected chi connectivity index (χ0v) is 13.8. The lowest BCUT2D eigenvalue weighted by Gasteiger charge is -2.25. The number of nitrogens with zero attached hydrogens (tertiary/aromatic N) is 2. The van der Waals surface area contributed by atoms with E-state index in [0.29, 0.717) is 12.6 Å². The smallest absolute Gasteiger partial charge is 0.178 e. The Morgan fingerprint density at radius 2 is 2.11 bits per heavy atom. The second-order valence-corrected chi connectivity index (χ2v) is 6.11. The third-order valence-electron chi connectivity index (χ3n) is 3.92. The van der Waals surface area contributed by atoms with Gasteiger partial charge in [0.2, 0.25) is 0 Å². The molecule has 0 fully saturated rings. The molecule has 3 nitrogen and oxygen atoms in total. The van der Waals surface area contributed by atoms with E-state index in [0.717, 1.165) is 29.1 Å². The van der Waals surface area contributed by atoms with E-state index in [1.165, 1.54) is 0 Å². The van der Waals surface area contributed by atoms with Crippen molar-refractivity contribution in [2.75, 3.05) is 25.6 Å². The molecular weight excluding hydrogens is 256 g/mol. The topological polar surface area (TPSA) is 25.2 Å². The minimum Gasteiger partial charge on any atom is -0.351 e. The van der Waals surface area contributed by atoms with Gasteiger partial charge in [0.05, 0.1) is 6.54 Å². The SMILES string of the molecule is CCC(CSC)N(C)CC(=O)c1cc(C)n(C)c1C. The molecule has 0 aromatic carbocycles. The Kier molecular flexibility index (Phi) is 6.14. The zero-order chi connectivity index (χ0) is 14.6. The average Bonchev–Trinajstić information content (AvgIpc) is 2.63. The van der Waals surface area contributed by atoms with Crippen molar-refractivity contribution < 1.29 is 4.79 Å². The molecule has 0 bridgehead atoms. The normalized spacial score (nSPS) is 13.0. The van der Waals surface area contributed by atoms with Gasteiger partial charge in [-0.1, -0.05) is 6.92 Å². The molecule has 0 aliphatic carbocycles. The summed E-state index contributed by atoms with van der Waals surface area (Å²) in [5, 5.41) is 0. The van der Waals surface area contributed by atoms with E-state index in [4.69, 9.17) is 0 Å². The number of aryl methyl sites for hydroxylation is 1. The first-order valence-electron chi connectivity index (χ1n) is 6.77. The number of hydrogen-bond donors (Lipinski definition) is 0. The van der Waals surface area contributed by atoms with Crippen molar-refractivity contribution in [2.45, 2.75) is 33.2 Å². The van der Waals surface area contributed by atoms with Gasteiger partial charge in [-0.15, -0.1) is 0 Å². The number of carbonyl (C=O) groups excluding carboxylic acids is 1. The van der Waals surface area contributed by atoms with E-state index in [1.807, 2.05) is 45.8 Å². The van der Waals surface area contributed by atoms with Gasteiger partial charge in [-0.25, -0.2) is 0 Å². The lowest BCUT2D eigenvalue weighted by Crippen LogP contribution is -2.37. The molecule has 0 radical (unpaired) electrons. The van der Waals surface area contributed by atoms with E-state index < -0.39 is 0 Å². The summed E-state index contributed by atoms with van der Waals surface area (Å²) in [4.78, 5) is 14.6. The molecule has 19 heavy (non-hydrogen) atoms. The van der Waals surface area contributed by atoms with Crippen LogP contribution in [-0.4, -0.2) is 46.9 Å². The molecule has 1 rings (SSSR count). The summed E-state index contributed by atoms with van der Waals surface area (Å²) in [5.41, 5.74) is 3.07. The summed E-state index contributed by atoms with van der Waals surface area (Å²) in [6.07, 6.45) is 3.19. The van der Waals surface area contributed by atoms with Crippen molar-refractivity contribution in [3.05, 3.63) is 23.0 Å². The van der Waals surface area contributed by atoms with Crippen LogP contribution >= 0.6 is 11.8 Å². The average molecular weight is 282 g/mol. The van der Waals surface area contributed by atoms with Crippen LogP contribution in [0.25, 0.3) is 0 Å². The van der Waals surface area contributed by atoms with Crippen molar-refractivity contribution in [3.8, 4) is 0 Å². The van der Waals surface area contributed by atoms with Gasteiger partial charge < -0.3 is 4.57 Å². The predicted molar refractivity (Wildman–Crippen MR) is 84.3 cm³/mol. The predicted octanol–water partition coefficient (Wildman–Crippen LogP) is 2.90. The van der Waals surface area contributed by atoms with Gasteiger partial charge in [0, 0.05) is 35.8 Å². The fourth-order valence-corrected chi connectivity index (χ4v) is 3.20. The lowest BCUT2D eigenvalue weighted by atomic mass is 10.1. The molecule has 1 aromatic rings. The Hall–Kier alpha value is -0.740. The van der Waals surface area contributed by atoms with Gasteiger partial charge in [-0.2, -0.15) is 11.8 Å². The molecule has 0 N–H and O–H groups in total. The Balaban J connectivity index is 2.76. The lowest BCUT2D eigenvalue weighted by molar-refractivity contribution is 0.0924. The van der Waals surface area contributed by atoms with Crippen LogP contribution in [0.3, 0.4) is 0 Å². The number of Topliss-reactive ketones (excluding diaryl/α,β-unsaturated/α-hetero) is 1. The van der Waals surface area contributed by atoms with Gasteiger partial charge in [-0.05, 0) is 39.6 Å². The second kappa shape index (κ2) is 7.15. The van der Waals surface area contributed by atoms with Crippen LogP contribution in [0.2, 0.25) is 0 Å². The summed E-state index contributed by atoms with van der Waals surface area (Å²) in [5.74, 6) is 1.30. The van der Waals surface area contributed by atoms with E-state index in [2.05, 4.69) is 22.6 Å². The molecule has 1 aromatic heterocycles. The molecule has 4 heteroatoms. The van der Waals surface area contributed by atoms with Gasteiger partial charge in [-0.3, -0.25) is 9.69 Å². The van der Waals surface area contributed by atoms with Gasteiger partial charge in [0.1, 0.15) is 0 Å². The molecule has 0 aliphatic heterocycles. The summed E-state index contributed by atoms with van der Waals surface area (Å²) in [6, 6.07) is 2.48. The molecule has 0 saturated carbocycles. The number of likely N-dealkylation sites (N-methyl/N-ethyl adjacent to an activating group) is 1. The summed E-state index contributed by atoms with van der Waals surface area (Å²) >= 11 is 1.84. The second-order valence-electron chi connectivity index (χ2n) is 5.20. The minimum atomic E-state index is 0.225. The minimum absolute atomic E-state index is 0.225. The summed E-state index contributed by atoms with van der Waals surface area (Å²) in [6.45, 7) is 6.73. The Labute approximate surface area is 121 Å². The highest BCUT2D eigenvalue weighted by molar-refractivity contribution is 7.98. The quantitative estimate of drug-likeness (QED) is 0.719. The van der Waals surface area contributed by atoms with Crippen LogP contribution in [0, 0.1) is 13.8 Å². The maximum atomic E-state index is 12.4. The van der Waals surface area contributed by atoms with E-state index >= 15 is 0 Å². The van der Waals surface area contributed by atoms with Crippen molar-refractivity contribution >= 4 is 17.5 Å². The van der Waals surface area contributed by atoms with E-state index in [1.54, 1.807) is 0 Å². The molecule has 1 heterocycles. The third kappa shape index (κ3) is 3.86. The molecular formula is C15H26N2OS. The number of ketones is 1. The van der Waals surface area contributed by atoms with Crippen LogP contribution in [0.1, 0.15) is 35.1 Å². The van der Waals surface area contributed by atoms with Crippen molar-refractivity contribution in [2.24, 2.45) is 7.05 Å². The van der Waals surface area contributed by atoms with Crippen molar-refractivity contribution in [3.63, 3.8) is 0 Å². The number of rotatable bonds is 7. The zero-order valence-electron chi connectivity index (χ0n) is 13.0. The number of aromatic nitrogens is 1. The van der Waals surface area contributed by atoms with E-state index in [-0.39, 0.29) is 5.78 Å². The largest absolute Gasteiger partial charge is 0.351 e. The maximum Gasteiger partial charge on any atom is 0.178 e. The first-order chi connectivity index (χ1) is 8.92. The van der Waals surface area contributed by atoms with Crippen molar-refractivity contribution in [1.29, 1.82) is 0 Å². The molecule has 0 aliphatic rings. The molecule has 0 saturated heterocycles.